The molecule has 9 heteroatoms. The zero-order chi connectivity index (χ0) is 14.8. The van der Waals surface area contributed by atoms with Gasteiger partial charge in [0.15, 0.2) is 5.76 Å². The number of nitrogens with two attached hydrogens (primary N) is 1. The highest BCUT2D eigenvalue weighted by molar-refractivity contribution is 7.89. The van der Waals surface area contributed by atoms with Crippen LogP contribution in [0.2, 0.25) is 0 Å². The maximum atomic E-state index is 11.7. The minimum atomic E-state index is -3.91. The van der Waals surface area contributed by atoms with Gasteiger partial charge in [-0.05, 0) is 13.8 Å². The normalized spacial score (nSPS) is 14.9. The van der Waals surface area contributed by atoms with Crippen molar-refractivity contribution in [2.75, 3.05) is 12.8 Å². The van der Waals surface area contributed by atoms with Crippen LogP contribution in [0.3, 0.4) is 0 Å². The minimum absolute atomic E-state index is 0.0553. The van der Waals surface area contributed by atoms with E-state index < -0.39 is 26.7 Å². The Labute approximate surface area is 114 Å². The van der Waals surface area contributed by atoms with E-state index in [4.69, 9.17) is 9.56 Å². The number of aryl methyl sites for hydroxylation is 1. The Balaban J connectivity index is 2.82. The van der Waals surface area contributed by atoms with E-state index in [1.807, 2.05) is 0 Å². The zero-order valence-corrected chi connectivity index (χ0v) is 12.4. The van der Waals surface area contributed by atoms with Crippen molar-refractivity contribution in [3.8, 4) is 0 Å². The molecule has 0 aliphatic heterocycles. The molecule has 1 rings (SSSR count). The van der Waals surface area contributed by atoms with Crippen molar-refractivity contribution < 1.29 is 21.8 Å². The Bertz CT molecular complexity index is 605. The summed E-state index contributed by atoms with van der Waals surface area (Å²) in [5, 5.41) is 7.27. The Morgan fingerprint density at radius 3 is 2.58 bits per heavy atom. The predicted molar refractivity (Wildman–Crippen MR) is 70.7 cm³/mol. The topological polar surface area (TPSA) is 119 Å². The second-order valence-corrected chi connectivity index (χ2v) is 7.43. The van der Waals surface area contributed by atoms with E-state index in [1.54, 1.807) is 6.92 Å². The van der Waals surface area contributed by atoms with Gasteiger partial charge >= 0.3 is 0 Å². The van der Waals surface area contributed by atoms with Gasteiger partial charge in [-0.15, -0.1) is 0 Å². The van der Waals surface area contributed by atoms with Crippen LogP contribution >= 0.6 is 0 Å². The van der Waals surface area contributed by atoms with E-state index in [-0.39, 0.29) is 28.2 Å². The second-order valence-electron chi connectivity index (χ2n) is 4.10. The summed E-state index contributed by atoms with van der Waals surface area (Å²) in [6.45, 7) is 3.33. The lowest BCUT2D eigenvalue weighted by Crippen LogP contribution is -2.32. The SMILES string of the molecule is Cc1oc(C(=O)NCC(C)S(C)=O)cc1S(N)(=O)=O. The van der Waals surface area contributed by atoms with Crippen LogP contribution in [-0.4, -0.2) is 36.6 Å². The summed E-state index contributed by atoms with van der Waals surface area (Å²) >= 11 is 0. The van der Waals surface area contributed by atoms with Gasteiger partial charge in [-0.25, -0.2) is 13.6 Å². The molecule has 0 radical (unpaired) electrons. The van der Waals surface area contributed by atoms with Crippen LogP contribution in [0.1, 0.15) is 23.2 Å². The van der Waals surface area contributed by atoms with Crippen LogP contribution in [0, 0.1) is 6.92 Å². The molecular weight excluding hydrogens is 292 g/mol. The highest BCUT2D eigenvalue weighted by Gasteiger charge is 2.21. The second kappa shape index (κ2) is 5.85. The number of primary sulfonamides is 1. The van der Waals surface area contributed by atoms with Crippen molar-refractivity contribution in [2.24, 2.45) is 5.14 Å². The molecular formula is C10H16N2O5S2. The van der Waals surface area contributed by atoms with Gasteiger partial charge < -0.3 is 9.73 Å². The Morgan fingerprint density at radius 2 is 2.16 bits per heavy atom. The first-order chi connectivity index (χ1) is 8.62. The van der Waals surface area contributed by atoms with E-state index in [0.717, 1.165) is 6.07 Å². The third-order valence-electron chi connectivity index (χ3n) is 2.52. The molecule has 0 aliphatic rings. The summed E-state index contributed by atoms with van der Waals surface area (Å²) in [4.78, 5) is 11.5. The molecule has 1 heterocycles. The number of carbonyl (C=O) groups is 1. The first kappa shape index (κ1) is 15.9. The Morgan fingerprint density at radius 1 is 1.58 bits per heavy atom. The van der Waals surface area contributed by atoms with Gasteiger partial charge in [0.2, 0.25) is 10.0 Å². The monoisotopic (exact) mass is 308 g/mol. The Kier molecular flexibility index (Phi) is 4.88. The van der Waals surface area contributed by atoms with Gasteiger partial charge in [0, 0.05) is 34.9 Å². The highest BCUT2D eigenvalue weighted by atomic mass is 32.2. The predicted octanol–water partition coefficient (Wildman–Crippen LogP) is -0.268. The number of carbonyl (C=O) groups excluding carboxylic acids is 1. The minimum Gasteiger partial charge on any atom is -0.455 e. The number of rotatable bonds is 5. The summed E-state index contributed by atoms with van der Waals surface area (Å²) in [5.74, 6) is -0.661. The van der Waals surface area contributed by atoms with Crippen molar-refractivity contribution in [3.63, 3.8) is 0 Å². The van der Waals surface area contributed by atoms with E-state index in [0.29, 0.717) is 0 Å². The summed E-state index contributed by atoms with van der Waals surface area (Å²) in [7, 11) is -4.97. The van der Waals surface area contributed by atoms with Crippen LogP contribution < -0.4 is 10.5 Å². The van der Waals surface area contributed by atoms with Crippen molar-refractivity contribution in [1.82, 2.24) is 5.32 Å². The summed E-state index contributed by atoms with van der Waals surface area (Å²) in [6, 6.07) is 1.08. The van der Waals surface area contributed by atoms with Gasteiger partial charge in [0.05, 0.1) is 0 Å². The zero-order valence-electron chi connectivity index (χ0n) is 10.8. The third-order valence-corrected chi connectivity index (χ3v) is 4.84. The van der Waals surface area contributed by atoms with Crippen LogP contribution in [0.15, 0.2) is 15.4 Å². The molecule has 0 saturated heterocycles. The summed E-state index contributed by atoms with van der Waals surface area (Å²) in [6.07, 6.45) is 1.53. The number of amides is 1. The smallest absolute Gasteiger partial charge is 0.287 e. The lowest BCUT2D eigenvalue weighted by Gasteiger charge is -2.08. The van der Waals surface area contributed by atoms with Crippen molar-refractivity contribution >= 4 is 26.7 Å². The number of furan rings is 1. The summed E-state index contributed by atoms with van der Waals surface area (Å²) in [5.41, 5.74) is 0. The lowest BCUT2D eigenvalue weighted by atomic mass is 10.4. The first-order valence-electron chi connectivity index (χ1n) is 5.36. The average Bonchev–Trinajstić information content (AvgIpc) is 2.67. The fourth-order valence-electron chi connectivity index (χ4n) is 1.30. The number of hydrogen-bond donors (Lipinski definition) is 2. The quantitative estimate of drug-likeness (QED) is 0.776. The molecule has 1 amide bonds. The standard InChI is InChI=1S/C10H16N2O5S2/c1-6(18(3)14)5-12-10(13)8-4-9(7(2)17-8)19(11,15)16/h4,6H,5H2,1-3H3,(H,12,13)(H2,11,15,16). The molecule has 1 aromatic heterocycles. The van der Waals surface area contributed by atoms with Crippen LogP contribution in [0.5, 0.6) is 0 Å². The molecule has 19 heavy (non-hydrogen) atoms. The molecule has 0 bridgehead atoms. The molecule has 3 N–H and O–H groups in total. The fraction of sp³-hybridized carbons (Fsp3) is 0.500. The fourth-order valence-corrected chi connectivity index (χ4v) is 2.33. The number of nitrogens with one attached hydrogen (secondary N) is 1. The van der Waals surface area contributed by atoms with E-state index in [9.17, 15) is 17.4 Å². The molecule has 0 saturated carbocycles. The molecule has 2 atom stereocenters. The lowest BCUT2D eigenvalue weighted by molar-refractivity contribution is 0.0925. The molecule has 0 aliphatic carbocycles. The Hall–Kier alpha value is -1.19. The van der Waals surface area contributed by atoms with Gasteiger partial charge in [0.1, 0.15) is 10.7 Å². The first-order valence-corrected chi connectivity index (χ1v) is 8.53. The molecule has 0 aromatic carbocycles. The van der Waals surface area contributed by atoms with Crippen molar-refractivity contribution in [3.05, 3.63) is 17.6 Å². The van der Waals surface area contributed by atoms with E-state index >= 15 is 0 Å². The van der Waals surface area contributed by atoms with Gasteiger partial charge in [0.25, 0.3) is 5.91 Å². The number of sulfonamides is 1. The maximum absolute atomic E-state index is 11.7. The number of hydrogen-bond acceptors (Lipinski definition) is 5. The average molecular weight is 308 g/mol. The van der Waals surface area contributed by atoms with E-state index in [1.165, 1.54) is 13.2 Å². The van der Waals surface area contributed by atoms with Gasteiger partial charge in [-0.3, -0.25) is 9.00 Å². The maximum Gasteiger partial charge on any atom is 0.287 e. The molecule has 2 unspecified atom stereocenters. The van der Waals surface area contributed by atoms with Crippen LogP contribution in [-0.2, 0) is 20.8 Å². The van der Waals surface area contributed by atoms with Crippen molar-refractivity contribution in [1.29, 1.82) is 0 Å². The van der Waals surface area contributed by atoms with E-state index in [2.05, 4.69) is 5.32 Å². The van der Waals surface area contributed by atoms with Gasteiger partial charge in [-0.2, -0.15) is 0 Å². The molecule has 0 fully saturated rings. The highest BCUT2D eigenvalue weighted by Crippen LogP contribution is 2.18. The third kappa shape index (κ3) is 4.15. The largest absolute Gasteiger partial charge is 0.455 e. The molecule has 108 valence electrons. The van der Waals surface area contributed by atoms with Gasteiger partial charge in [-0.1, -0.05) is 0 Å². The molecule has 1 aromatic rings. The summed E-state index contributed by atoms with van der Waals surface area (Å²) < 4.78 is 38.6. The van der Waals surface area contributed by atoms with Crippen LogP contribution in [0.25, 0.3) is 0 Å². The van der Waals surface area contributed by atoms with Crippen LogP contribution in [0.4, 0.5) is 0 Å². The molecule has 7 nitrogen and oxygen atoms in total. The molecule has 0 spiro atoms. The van der Waals surface area contributed by atoms with Crippen molar-refractivity contribution in [2.45, 2.75) is 24.0 Å².